The fourth-order valence-corrected chi connectivity index (χ4v) is 1.97. The SMILES string of the molecule is CCc1cnc([C@@H](C)[C@H](C)S(N)(=O)=O)nc1. The van der Waals surface area contributed by atoms with Crippen molar-refractivity contribution in [2.75, 3.05) is 0 Å². The lowest BCUT2D eigenvalue weighted by atomic mass is 10.1. The van der Waals surface area contributed by atoms with Gasteiger partial charge in [-0.15, -0.1) is 0 Å². The van der Waals surface area contributed by atoms with Crippen molar-refractivity contribution in [3.8, 4) is 0 Å². The maximum absolute atomic E-state index is 11.2. The number of aromatic nitrogens is 2. The van der Waals surface area contributed by atoms with E-state index in [1.54, 1.807) is 26.2 Å². The van der Waals surface area contributed by atoms with E-state index < -0.39 is 15.3 Å². The van der Waals surface area contributed by atoms with E-state index in [1.807, 2.05) is 6.92 Å². The third-order valence-corrected chi connectivity index (χ3v) is 4.21. The van der Waals surface area contributed by atoms with Crippen LogP contribution < -0.4 is 5.14 Å². The molecule has 2 N–H and O–H groups in total. The van der Waals surface area contributed by atoms with Gasteiger partial charge in [0, 0.05) is 18.3 Å². The Labute approximate surface area is 96.2 Å². The number of primary sulfonamides is 1. The molecule has 0 spiro atoms. The van der Waals surface area contributed by atoms with Gasteiger partial charge in [0.2, 0.25) is 10.0 Å². The standard InChI is InChI=1S/C10H17N3O2S/c1-4-9-5-12-10(13-6-9)7(2)8(3)16(11,14)15/h5-8H,4H2,1-3H3,(H2,11,14,15)/t7-,8-/m0/s1. The van der Waals surface area contributed by atoms with Crippen LogP contribution in [0.3, 0.4) is 0 Å². The Morgan fingerprint density at radius 1 is 1.31 bits per heavy atom. The highest BCUT2D eigenvalue weighted by atomic mass is 32.2. The zero-order chi connectivity index (χ0) is 12.3. The van der Waals surface area contributed by atoms with Gasteiger partial charge < -0.3 is 0 Å². The van der Waals surface area contributed by atoms with E-state index in [0.717, 1.165) is 12.0 Å². The highest BCUT2D eigenvalue weighted by Crippen LogP contribution is 2.19. The van der Waals surface area contributed by atoms with Crippen LogP contribution in [0.1, 0.15) is 38.1 Å². The van der Waals surface area contributed by atoms with E-state index >= 15 is 0 Å². The minimum absolute atomic E-state index is 0.305. The average molecular weight is 243 g/mol. The Morgan fingerprint density at radius 2 is 1.81 bits per heavy atom. The molecule has 5 nitrogen and oxygen atoms in total. The summed E-state index contributed by atoms with van der Waals surface area (Å²) in [5.74, 6) is 0.208. The van der Waals surface area contributed by atoms with Crippen LogP contribution in [0, 0.1) is 0 Å². The first-order chi connectivity index (χ1) is 7.36. The summed E-state index contributed by atoms with van der Waals surface area (Å²) >= 11 is 0. The van der Waals surface area contributed by atoms with Gasteiger partial charge in [0.1, 0.15) is 5.82 Å². The van der Waals surface area contributed by atoms with Crippen LogP contribution in [0.5, 0.6) is 0 Å². The average Bonchev–Trinajstić information content (AvgIpc) is 2.26. The van der Waals surface area contributed by atoms with Gasteiger partial charge in [0.25, 0.3) is 0 Å². The lowest BCUT2D eigenvalue weighted by Crippen LogP contribution is -2.31. The van der Waals surface area contributed by atoms with Gasteiger partial charge in [-0.2, -0.15) is 0 Å². The van der Waals surface area contributed by atoms with Crippen molar-refractivity contribution < 1.29 is 8.42 Å². The molecule has 0 aliphatic carbocycles. The summed E-state index contributed by atoms with van der Waals surface area (Å²) in [6.07, 6.45) is 4.29. The first-order valence-corrected chi connectivity index (χ1v) is 6.79. The first kappa shape index (κ1) is 13.1. The van der Waals surface area contributed by atoms with Crippen molar-refractivity contribution in [2.24, 2.45) is 5.14 Å². The molecule has 0 fully saturated rings. The van der Waals surface area contributed by atoms with Crippen molar-refractivity contribution >= 4 is 10.0 Å². The quantitative estimate of drug-likeness (QED) is 0.848. The summed E-state index contributed by atoms with van der Waals surface area (Å²) in [6.45, 7) is 5.34. The second-order valence-corrected chi connectivity index (χ2v) is 5.81. The molecule has 0 aromatic carbocycles. The second kappa shape index (κ2) is 4.88. The van der Waals surface area contributed by atoms with Crippen molar-refractivity contribution in [2.45, 2.75) is 38.4 Å². The molecule has 1 aromatic heterocycles. The molecule has 2 atom stereocenters. The minimum atomic E-state index is -3.55. The molecule has 1 aromatic rings. The van der Waals surface area contributed by atoms with Crippen molar-refractivity contribution in [3.05, 3.63) is 23.8 Å². The molecule has 0 amide bonds. The number of hydrogen-bond donors (Lipinski definition) is 1. The Balaban J connectivity index is 2.92. The summed E-state index contributed by atoms with van der Waals surface area (Å²) in [5, 5.41) is 4.41. The van der Waals surface area contributed by atoms with Crippen LogP contribution >= 0.6 is 0 Å². The van der Waals surface area contributed by atoms with Crippen molar-refractivity contribution in [1.29, 1.82) is 0 Å². The molecule has 90 valence electrons. The summed E-state index contributed by atoms with van der Waals surface area (Å²) in [5.41, 5.74) is 1.03. The number of rotatable bonds is 4. The van der Waals surface area contributed by atoms with Gasteiger partial charge in [0.05, 0.1) is 5.25 Å². The van der Waals surface area contributed by atoms with Crippen molar-refractivity contribution in [1.82, 2.24) is 9.97 Å². The van der Waals surface area contributed by atoms with Gasteiger partial charge >= 0.3 is 0 Å². The van der Waals surface area contributed by atoms with Gasteiger partial charge in [0.15, 0.2) is 0 Å². The summed E-state index contributed by atoms with van der Waals surface area (Å²) in [4.78, 5) is 8.31. The van der Waals surface area contributed by atoms with Crippen LogP contribution in [0.25, 0.3) is 0 Å². The smallest absolute Gasteiger partial charge is 0.212 e. The number of nitrogens with two attached hydrogens (primary N) is 1. The zero-order valence-corrected chi connectivity index (χ0v) is 10.5. The Morgan fingerprint density at radius 3 is 2.19 bits per heavy atom. The minimum Gasteiger partial charge on any atom is -0.241 e. The molecule has 0 unspecified atom stereocenters. The second-order valence-electron chi connectivity index (χ2n) is 3.89. The molecule has 0 aliphatic heterocycles. The number of sulfonamides is 1. The lowest BCUT2D eigenvalue weighted by molar-refractivity contribution is 0.564. The highest BCUT2D eigenvalue weighted by Gasteiger charge is 2.25. The molecule has 0 bridgehead atoms. The largest absolute Gasteiger partial charge is 0.241 e. The van der Waals surface area contributed by atoms with Crippen LogP contribution in [0.4, 0.5) is 0 Å². The fraction of sp³-hybridized carbons (Fsp3) is 0.600. The Hall–Kier alpha value is -1.01. The van der Waals surface area contributed by atoms with E-state index in [9.17, 15) is 8.42 Å². The van der Waals surface area contributed by atoms with Gasteiger partial charge in [-0.3, -0.25) is 0 Å². The maximum Gasteiger partial charge on any atom is 0.212 e. The number of nitrogens with zero attached hydrogens (tertiary/aromatic N) is 2. The van der Waals surface area contributed by atoms with Gasteiger partial charge in [-0.05, 0) is 18.9 Å². The molecular weight excluding hydrogens is 226 g/mol. The Kier molecular flexibility index (Phi) is 3.98. The third kappa shape index (κ3) is 2.99. The van der Waals surface area contributed by atoms with E-state index in [1.165, 1.54) is 0 Å². The van der Waals surface area contributed by atoms with Crippen LogP contribution in [-0.2, 0) is 16.4 Å². The molecule has 0 aliphatic rings. The van der Waals surface area contributed by atoms with E-state index in [4.69, 9.17) is 5.14 Å². The molecule has 0 radical (unpaired) electrons. The molecule has 0 saturated carbocycles. The van der Waals surface area contributed by atoms with Crippen LogP contribution in [0.15, 0.2) is 12.4 Å². The van der Waals surface area contributed by atoms with E-state index in [0.29, 0.717) is 5.82 Å². The van der Waals surface area contributed by atoms with Crippen LogP contribution in [-0.4, -0.2) is 23.6 Å². The normalized spacial score (nSPS) is 15.8. The van der Waals surface area contributed by atoms with Crippen LogP contribution in [0.2, 0.25) is 0 Å². The summed E-state index contributed by atoms with van der Waals surface area (Å²) < 4.78 is 22.4. The molecule has 6 heteroatoms. The van der Waals surface area contributed by atoms with Gasteiger partial charge in [-0.25, -0.2) is 23.5 Å². The van der Waals surface area contributed by atoms with Crippen molar-refractivity contribution in [3.63, 3.8) is 0 Å². The highest BCUT2D eigenvalue weighted by molar-refractivity contribution is 7.89. The molecule has 0 saturated heterocycles. The number of hydrogen-bond acceptors (Lipinski definition) is 4. The third-order valence-electron chi connectivity index (χ3n) is 2.76. The maximum atomic E-state index is 11.2. The molecule has 1 heterocycles. The molecule has 16 heavy (non-hydrogen) atoms. The predicted molar refractivity (Wildman–Crippen MR) is 62.4 cm³/mol. The van der Waals surface area contributed by atoms with Gasteiger partial charge in [-0.1, -0.05) is 13.8 Å². The topological polar surface area (TPSA) is 85.9 Å². The summed E-state index contributed by atoms with van der Waals surface area (Å²) in [7, 11) is -3.55. The lowest BCUT2D eigenvalue weighted by Gasteiger charge is -2.16. The Bertz CT molecular complexity index is 442. The number of aryl methyl sites for hydroxylation is 1. The fourth-order valence-electron chi connectivity index (χ4n) is 1.28. The monoisotopic (exact) mass is 243 g/mol. The van der Waals surface area contributed by atoms with E-state index in [2.05, 4.69) is 9.97 Å². The zero-order valence-electron chi connectivity index (χ0n) is 9.71. The molecule has 1 rings (SSSR count). The molecular formula is C10H17N3O2S. The first-order valence-electron chi connectivity index (χ1n) is 5.18. The van der Waals surface area contributed by atoms with E-state index in [-0.39, 0.29) is 5.92 Å². The predicted octanol–water partition coefficient (Wildman–Crippen LogP) is 0.820. The summed E-state index contributed by atoms with van der Waals surface area (Å²) in [6, 6.07) is 0.